The van der Waals surface area contributed by atoms with Crippen LogP contribution < -0.4 is 0 Å². The molecule has 0 rings (SSSR count). The van der Waals surface area contributed by atoms with Gasteiger partial charge in [0.05, 0.1) is 0 Å². The summed E-state index contributed by atoms with van der Waals surface area (Å²) in [4.78, 5) is 0. The van der Waals surface area contributed by atoms with Crippen molar-refractivity contribution < 1.29 is 39.5 Å². The Balaban J connectivity index is 5.34. The smallest absolute Gasteiger partial charge is 0.326 e. The van der Waals surface area contributed by atoms with Crippen molar-refractivity contribution in [2.45, 2.75) is 62.8 Å². The Kier molecular flexibility index (Phi) is 7.92. The van der Waals surface area contributed by atoms with E-state index in [1.54, 1.807) is 0 Å². The van der Waals surface area contributed by atoms with Gasteiger partial charge in [0.1, 0.15) is 8.24 Å². The van der Waals surface area contributed by atoms with E-state index in [9.17, 15) is 39.5 Å². The molecule has 0 fully saturated rings. The third-order valence-corrected chi connectivity index (χ3v) is 9.38. The van der Waals surface area contributed by atoms with Gasteiger partial charge in [0.25, 0.3) is 0 Å². The minimum Gasteiger partial charge on any atom is -0.326 e. The highest BCUT2D eigenvalue weighted by molar-refractivity contribution is 6.77. The van der Waals surface area contributed by atoms with E-state index in [2.05, 4.69) is 0 Å². The molecule has 0 saturated carbocycles. The first kappa shape index (κ1) is 22.5. The molecule has 0 saturated heterocycles. The second-order valence-electron chi connectivity index (χ2n) is 5.58. The van der Waals surface area contributed by atoms with Crippen LogP contribution in [0.4, 0.5) is 39.5 Å². The Morgan fingerprint density at radius 3 is 1.09 bits per heavy atom. The van der Waals surface area contributed by atoms with Gasteiger partial charge in [-0.2, -0.15) is 39.5 Å². The van der Waals surface area contributed by atoms with Gasteiger partial charge in [-0.25, -0.2) is 0 Å². The molecule has 23 heavy (non-hydrogen) atoms. The maximum absolute atomic E-state index is 12.5. The van der Waals surface area contributed by atoms with Crippen LogP contribution in [-0.2, 0) is 0 Å². The lowest BCUT2D eigenvalue weighted by molar-refractivity contribution is -0.133. The third kappa shape index (κ3) is 10.1. The first-order valence-electron chi connectivity index (χ1n) is 7.02. The van der Waals surface area contributed by atoms with E-state index >= 15 is 0 Å². The summed E-state index contributed by atoms with van der Waals surface area (Å²) >= 11 is 0. The summed E-state index contributed by atoms with van der Waals surface area (Å²) in [5, 5.41) is 0. The van der Waals surface area contributed by atoms with Crippen molar-refractivity contribution in [1.82, 2.24) is 4.57 Å². The van der Waals surface area contributed by atoms with Crippen LogP contribution in [-0.4, -0.2) is 44.9 Å². The summed E-state index contributed by atoms with van der Waals surface area (Å²) in [5.41, 5.74) is 0. The fraction of sp³-hybridized carbons (Fsp3) is 1.00. The van der Waals surface area contributed by atoms with Crippen LogP contribution in [0.1, 0.15) is 26.2 Å². The van der Waals surface area contributed by atoms with E-state index in [0.29, 0.717) is 0 Å². The average molecular weight is 377 g/mol. The highest BCUT2D eigenvalue weighted by Crippen LogP contribution is 2.39. The van der Waals surface area contributed by atoms with Crippen molar-refractivity contribution in [1.29, 1.82) is 0 Å². The molecule has 0 aromatic carbocycles. The summed E-state index contributed by atoms with van der Waals surface area (Å²) < 4.78 is 113. The van der Waals surface area contributed by atoms with Gasteiger partial charge in [0.2, 0.25) is 0 Å². The van der Waals surface area contributed by atoms with Gasteiger partial charge < -0.3 is 4.57 Å². The summed E-state index contributed by atoms with van der Waals surface area (Å²) in [6.45, 7) is 1.62. The molecule has 0 heterocycles. The van der Waals surface area contributed by atoms with Crippen molar-refractivity contribution >= 4 is 8.24 Å². The van der Waals surface area contributed by atoms with E-state index in [0.717, 1.165) is 0 Å². The van der Waals surface area contributed by atoms with Gasteiger partial charge >= 0.3 is 18.5 Å². The molecule has 0 aliphatic carbocycles. The van der Waals surface area contributed by atoms with E-state index in [-0.39, 0.29) is 6.54 Å². The number of alkyl halides is 9. The number of hydrogen-bond donors (Lipinski definition) is 0. The van der Waals surface area contributed by atoms with Crippen molar-refractivity contribution in [2.24, 2.45) is 0 Å². The molecule has 0 aromatic rings. The predicted molar refractivity (Wildman–Crippen MR) is 70.5 cm³/mol. The Morgan fingerprint density at radius 1 is 0.652 bits per heavy atom. The van der Waals surface area contributed by atoms with Crippen LogP contribution in [0.15, 0.2) is 0 Å². The van der Waals surface area contributed by atoms with Crippen LogP contribution >= 0.6 is 0 Å². The first-order valence-corrected chi connectivity index (χ1v) is 9.58. The first-order chi connectivity index (χ1) is 10.1. The molecule has 11 heteroatoms. The van der Waals surface area contributed by atoms with E-state index in [1.807, 2.05) is 0 Å². The zero-order valence-electron chi connectivity index (χ0n) is 12.8. The summed E-state index contributed by atoms with van der Waals surface area (Å²) in [5.74, 6) is 0. The topological polar surface area (TPSA) is 3.24 Å². The number of nitrogens with zero attached hydrogens (tertiary/aromatic N) is 1. The summed E-state index contributed by atoms with van der Waals surface area (Å²) in [6, 6.07) is -1.98. The van der Waals surface area contributed by atoms with Crippen molar-refractivity contribution in [3.63, 3.8) is 0 Å². The monoisotopic (exact) mass is 377 g/mol. The van der Waals surface area contributed by atoms with E-state index in [1.165, 1.54) is 18.5 Å². The molecule has 0 aromatic heterocycles. The Labute approximate surface area is 129 Å². The van der Waals surface area contributed by atoms with Crippen LogP contribution in [0.2, 0.25) is 18.1 Å². The predicted octanol–water partition coefficient (Wildman–Crippen LogP) is 5.74. The Morgan fingerprint density at radius 2 is 0.913 bits per heavy atom. The number of rotatable bonds is 8. The largest absolute Gasteiger partial charge is 0.388 e. The second-order valence-corrected chi connectivity index (χ2v) is 10.3. The molecular formula is C12H20F9NSi. The lowest BCUT2D eigenvalue weighted by atomic mass is 10.5. The molecule has 0 unspecified atom stereocenters. The zero-order chi connectivity index (χ0) is 18.5. The van der Waals surface area contributed by atoms with Gasteiger partial charge in [-0.1, -0.05) is 6.92 Å². The van der Waals surface area contributed by atoms with Crippen LogP contribution in [0.5, 0.6) is 0 Å². The van der Waals surface area contributed by atoms with Crippen molar-refractivity contribution in [2.75, 3.05) is 13.6 Å². The molecule has 0 aliphatic heterocycles. The quantitative estimate of drug-likeness (QED) is 0.385. The van der Waals surface area contributed by atoms with Crippen LogP contribution in [0.25, 0.3) is 0 Å². The standard InChI is InChI=1S/C12H20F9NSi/c1-3-22(2)23(7-4-10(13,14)15,8-5-11(16,17)18)9-6-12(19,20)21/h3-9H2,1-2H3. The molecule has 0 spiro atoms. The summed E-state index contributed by atoms with van der Waals surface area (Å²) in [7, 11) is -2.24. The van der Waals surface area contributed by atoms with Crippen LogP contribution in [0, 0.1) is 0 Å². The lowest BCUT2D eigenvalue weighted by Crippen LogP contribution is -2.52. The molecule has 0 bridgehead atoms. The molecular weight excluding hydrogens is 357 g/mol. The van der Waals surface area contributed by atoms with Gasteiger partial charge in [-0.3, -0.25) is 0 Å². The van der Waals surface area contributed by atoms with Gasteiger partial charge in [0, 0.05) is 19.3 Å². The Hall–Kier alpha value is -0.453. The van der Waals surface area contributed by atoms with Gasteiger partial charge in [0.15, 0.2) is 0 Å². The third-order valence-electron chi connectivity index (χ3n) is 3.91. The minimum absolute atomic E-state index is 0.111. The molecule has 0 amide bonds. The van der Waals surface area contributed by atoms with E-state index in [4.69, 9.17) is 0 Å². The maximum Gasteiger partial charge on any atom is 0.388 e. The molecule has 0 aliphatic rings. The molecule has 0 atom stereocenters. The second kappa shape index (κ2) is 8.08. The van der Waals surface area contributed by atoms with Crippen molar-refractivity contribution in [3.8, 4) is 0 Å². The fourth-order valence-electron chi connectivity index (χ4n) is 2.41. The highest BCUT2D eigenvalue weighted by Gasteiger charge is 2.45. The van der Waals surface area contributed by atoms with Gasteiger partial charge in [-0.15, -0.1) is 0 Å². The molecule has 0 N–H and O–H groups in total. The van der Waals surface area contributed by atoms with Crippen LogP contribution in [0.3, 0.4) is 0 Å². The lowest BCUT2D eigenvalue weighted by Gasteiger charge is -2.40. The van der Waals surface area contributed by atoms with Crippen molar-refractivity contribution in [3.05, 3.63) is 0 Å². The number of hydrogen-bond acceptors (Lipinski definition) is 1. The number of halogens is 9. The zero-order valence-corrected chi connectivity index (χ0v) is 13.8. The SMILES string of the molecule is CCN(C)[Si](CCC(F)(F)F)(CCC(F)(F)F)CCC(F)(F)F. The molecule has 1 nitrogen and oxygen atoms in total. The normalized spacial score (nSPS) is 14.6. The summed E-state index contributed by atoms with van der Waals surface area (Å²) in [6.07, 6.45) is -17.9. The highest BCUT2D eigenvalue weighted by atomic mass is 28.3. The van der Waals surface area contributed by atoms with Gasteiger partial charge in [-0.05, 0) is 31.7 Å². The Bertz CT molecular complexity index is 302. The minimum atomic E-state index is -4.61. The molecule has 0 radical (unpaired) electrons. The van der Waals surface area contributed by atoms with E-state index < -0.39 is 64.2 Å². The fourth-order valence-corrected chi connectivity index (χ4v) is 7.22. The maximum atomic E-state index is 12.5. The molecule has 140 valence electrons. The average Bonchev–Trinajstić information content (AvgIpc) is 2.34.